The maximum atomic E-state index is 12.6. The molecule has 3 heterocycles. The van der Waals surface area contributed by atoms with Crippen molar-refractivity contribution < 1.29 is 4.79 Å². The summed E-state index contributed by atoms with van der Waals surface area (Å²) in [7, 11) is 0. The van der Waals surface area contributed by atoms with Gasteiger partial charge in [-0.25, -0.2) is 4.79 Å². The van der Waals surface area contributed by atoms with Crippen LogP contribution in [0, 0.1) is 0 Å². The van der Waals surface area contributed by atoms with E-state index in [9.17, 15) is 14.4 Å². The van der Waals surface area contributed by atoms with E-state index in [0.717, 1.165) is 31.7 Å². The molecule has 1 aliphatic rings. The summed E-state index contributed by atoms with van der Waals surface area (Å²) < 4.78 is 0. The van der Waals surface area contributed by atoms with Gasteiger partial charge in [0.25, 0.3) is 11.5 Å². The van der Waals surface area contributed by atoms with Gasteiger partial charge in [0.05, 0.1) is 0 Å². The molecule has 1 saturated heterocycles. The van der Waals surface area contributed by atoms with Crippen LogP contribution < -0.4 is 11.2 Å². The molecule has 7 heteroatoms. The van der Waals surface area contributed by atoms with Crippen LogP contribution in [0.1, 0.15) is 35.3 Å². The molecule has 2 aromatic rings. The van der Waals surface area contributed by atoms with Crippen LogP contribution in [-0.4, -0.2) is 38.3 Å². The number of nitrogens with one attached hydrogen (secondary N) is 2. The van der Waals surface area contributed by atoms with Gasteiger partial charge in [-0.05, 0) is 43.4 Å². The van der Waals surface area contributed by atoms with Crippen LogP contribution in [0.2, 0.25) is 0 Å². The van der Waals surface area contributed by atoms with E-state index in [-0.39, 0.29) is 17.6 Å². The number of hydrogen-bond acceptors (Lipinski definition) is 4. The third kappa shape index (κ3) is 3.56. The molecule has 1 atom stereocenters. The van der Waals surface area contributed by atoms with Crippen molar-refractivity contribution in [3.63, 3.8) is 0 Å². The van der Waals surface area contributed by atoms with Gasteiger partial charge >= 0.3 is 5.69 Å². The molecule has 1 amide bonds. The number of carbonyl (C=O) groups excluding carboxylic acids is 1. The number of amides is 1. The Bertz CT molecular complexity index is 768. The van der Waals surface area contributed by atoms with Gasteiger partial charge in [0.2, 0.25) is 0 Å². The summed E-state index contributed by atoms with van der Waals surface area (Å²) in [5.74, 6) is -0.287. The smallest absolute Gasteiger partial charge is 0.326 e. The van der Waals surface area contributed by atoms with Crippen molar-refractivity contribution >= 4 is 5.91 Å². The van der Waals surface area contributed by atoms with Crippen LogP contribution in [-0.2, 0) is 6.42 Å². The predicted molar refractivity (Wildman–Crippen MR) is 84.3 cm³/mol. The first-order chi connectivity index (χ1) is 11.1. The van der Waals surface area contributed by atoms with E-state index in [1.807, 2.05) is 12.1 Å². The Morgan fingerprint density at radius 1 is 1.26 bits per heavy atom. The van der Waals surface area contributed by atoms with E-state index in [1.54, 1.807) is 17.3 Å². The first-order valence-corrected chi connectivity index (χ1v) is 7.67. The summed E-state index contributed by atoms with van der Waals surface area (Å²) in [5, 5.41) is 0. The summed E-state index contributed by atoms with van der Waals surface area (Å²) in [6, 6.07) is 5.20. The van der Waals surface area contributed by atoms with Crippen LogP contribution in [0.4, 0.5) is 0 Å². The van der Waals surface area contributed by atoms with Gasteiger partial charge in [-0.2, -0.15) is 0 Å². The SMILES string of the molecule is O=C(c1cc(=O)[nH]c(=O)[nH]1)N1CCCC1CCc1ccncc1. The number of likely N-dealkylation sites (tertiary alicyclic amines) is 1. The van der Waals surface area contributed by atoms with E-state index in [4.69, 9.17) is 0 Å². The van der Waals surface area contributed by atoms with E-state index in [2.05, 4.69) is 15.0 Å². The van der Waals surface area contributed by atoms with Crippen molar-refractivity contribution in [1.29, 1.82) is 0 Å². The molecular formula is C16H18N4O3. The molecule has 0 saturated carbocycles. The normalized spacial score (nSPS) is 17.4. The fourth-order valence-corrected chi connectivity index (χ4v) is 3.02. The van der Waals surface area contributed by atoms with Crippen molar-refractivity contribution in [2.45, 2.75) is 31.7 Å². The number of aromatic nitrogens is 3. The fourth-order valence-electron chi connectivity index (χ4n) is 3.02. The minimum absolute atomic E-state index is 0.0505. The maximum Gasteiger partial charge on any atom is 0.326 e. The summed E-state index contributed by atoms with van der Waals surface area (Å²) >= 11 is 0. The minimum Gasteiger partial charge on any atom is -0.334 e. The average molecular weight is 314 g/mol. The largest absolute Gasteiger partial charge is 0.334 e. The molecule has 1 unspecified atom stereocenters. The lowest BCUT2D eigenvalue weighted by atomic mass is 10.0. The number of H-pyrrole nitrogens is 2. The Balaban J connectivity index is 1.72. The van der Waals surface area contributed by atoms with Crippen molar-refractivity contribution in [1.82, 2.24) is 19.9 Å². The topological polar surface area (TPSA) is 98.9 Å². The Hall–Kier alpha value is -2.70. The number of pyridine rings is 1. The van der Waals surface area contributed by atoms with Crippen LogP contribution in [0.3, 0.4) is 0 Å². The quantitative estimate of drug-likeness (QED) is 0.867. The number of hydrogen-bond donors (Lipinski definition) is 2. The minimum atomic E-state index is -0.659. The summed E-state index contributed by atoms with van der Waals surface area (Å²) in [6.07, 6.45) is 7.10. The van der Waals surface area contributed by atoms with Crippen molar-refractivity contribution in [3.05, 3.63) is 62.7 Å². The van der Waals surface area contributed by atoms with Crippen molar-refractivity contribution in [2.75, 3.05) is 6.54 Å². The van der Waals surface area contributed by atoms with Crippen LogP contribution in [0.5, 0.6) is 0 Å². The molecular weight excluding hydrogens is 296 g/mol. The summed E-state index contributed by atoms with van der Waals surface area (Å²) in [6.45, 7) is 0.647. The predicted octanol–water partition coefficient (Wildman–Crippen LogP) is 0.696. The second kappa shape index (κ2) is 6.60. The van der Waals surface area contributed by atoms with Crippen LogP contribution >= 0.6 is 0 Å². The van der Waals surface area contributed by atoms with Crippen molar-refractivity contribution in [3.8, 4) is 0 Å². The lowest BCUT2D eigenvalue weighted by Crippen LogP contribution is -2.38. The van der Waals surface area contributed by atoms with E-state index in [0.29, 0.717) is 6.54 Å². The van der Waals surface area contributed by atoms with Gasteiger partial charge in [0.1, 0.15) is 5.69 Å². The highest BCUT2D eigenvalue weighted by Gasteiger charge is 2.29. The summed E-state index contributed by atoms with van der Waals surface area (Å²) in [4.78, 5) is 45.5. The standard InChI is InChI=1S/C16H18N4O3/c21-14-10-13(18-16(23)19-14)15(22)20-9-1-2-12(20)4-3-11-5-7-17-8-6-11/h5-8,10,12H,1-4,9H2,(H2,18,19,21,23). The number of nitrogens with zero attached hydrogens (tertiary/aromatic N) is 2. The zero-order chi connectivity index (χ0) is 16.2. The molecule has 0 aliphatic carbocycles. The molecule has 0 spiro atoms. The van der Waals surface area contributed by atoms with Gasteiger partial charge in [-0.1, -0.05) is 0 Å². The van der Waals surface area contributed by atoms with Crippen molar-refractivity contribution in [2.24, 2.45) is 0 Å². The first-order valence-electron chi connectivity index (χ1n) is 7.67. The van der Waals surface area contributed by atoms with Gasteiger partial charge in [-0.3, -0.25) is 19.6 Å². The number of aromatic amines is 2. The number of carbonyl (C=O) groups is 1. The van der Waals surface area contributed by atoms with Gasteiger partial charge in [-0.15, -0.1) is 0 Å². The Kier molecular flexibility index (Phi) is 4.36. The highest BCUT2D eigenvalue weighted by Crippen LogP contribution is 2.23. The van der Waals surface area contributed by atoms with Crippen LogP contribution in [0.15, 0.2) is 40.2 Å². The molecule has 0 bridgehead atoms. The van der Waals surface area contributed by atoms with E-state index < -0.39 is 11.2 Å². The highest BCUT2D eigenvalue weighted by molar-refractivity contribution is 5.92. The molecule has 120 valence electrons. The van der Waals surface area contributed by atoms with Crippen LogP contribution in [0.25, 0.3) is 0 Å². The molecule has 3 rings (SSSR count). The lowest BCUT2D eigenvalue weighted by molar-refractivity contribution is 0.0724. The molecule has 1 aliphatic heterocycles. The number of rotatable bonds is 4. The summed E-state index contributed by atoms with van der Waals surface area (Å²) in [5.41, 5.74) is 0.0106. The Labute approximate surface area is 132 Å². The zero-order valence-corrected chi connectivity index (χ0v) is 12.6. The molecule has 2 N–H and O–H groups in total. The molecule has 0 aromatic carbocycles. The van der Waals surface area contributed by atoms with Gasteiger partial charge < -0.3 is 9.88 Å². The fraction of sp³-hybridized carbons (Fsp3) is 0.375. The lowest BCUT2D eigenvalue weighted by Gasteiger charge is -2.24. The maximum absolute atomic E-state index is 12.6. The molecule has 0 radical (unpaired) electrons. The molecule has 1 fully saturated rings. The first kappa shape index (κ1) is 15.2. The van der Waals surface area contributed by atoms with Gasteiger partial charge in [0.15, 0.2) is 0 Å². The average Bonchev–Trinajstić information content (AvgIpc) is 3.00. The molecule has 2 aromatic heterocycles. The second-order valence-electron chi connectivity index (χ2n) is 5.69. The third-order valence-electron chi connectivity index (χ3n) is 4.14. The monoisotopic (exact) mass is 314 g/mol. The van der Waals surface area contributed by atoms with E-state index >= 15 is 0 Å². The molecule has 23 heavy (non-hydrogen) atoms. The van der Waals surface area contributed by atoms with Gasteiger partial charge in [0, 0.05) is 31.0 Å². The molecule has 7 nitrogen and oxygen atoms in total. The van der Waals surface area contributed by atoms with E-state index in [1.165, 1.54) is 5.56 Å². The zero-order valence-electron chi connectivity index (χ0n) is 12.6. The number of aryl methyl sites for hydroxylation is 1. The second-order valence-corrected chi connectivity index (χ2v) is 5.69. The third-order valence-corrected chi connectivity index (χ3v) is 4.14. The highest BCUT2D eigenvalue weighted by atomic mass is 16.2. The Morgan fingerprint density at radius 3 is 2.78 bits per heavy atom. The Morgan fingerprint density at radius 2 is 2.04 bits per heavy atom.